The normalized spacial score (nSPS) is 10.2. The van der Waals surface area contributed by atoms with Crippen molar-refractivity contribution in [3.8, 4) is 5.88 Å². The minimum absolute atomic E-state index is 0.0385. The minimum atomic E-state index is -0.519. The van der Waals surface area contributed by atoms with E-state index in [0.29, 0.717) is 5.88 Å². The third-order valence-corrected chi connectivity index (χ3v) is 2.83. The van der Waals surface area contributed by atoms with Gasteiger partial charge in [0.1, 0.15) is 5.82 Å². The van der Waals surface area contributed by atoms with Gasteiger partial charge in [-0.3, -0.25) is 4.79 Å². The molecule has 104 valence electrons. The minimum Gasteiger partial charge on any atom is -0.481 e. The van der Waals surface area contributed by atoms with Gasteiger partial charge in [-0.1, -0.05) is 6.07 Å². The second-order valence-electron chi connectivity index (χ2n) is 4.37. The van der Waals surface area contributed by atoms with Gasteiger partial charge in [0.2, 0.25) is 5.88 Å². The highest BCUT2D eigenvalue weighted by Gasteiger charge is 2.11. The van der Waals surface area contributed by atoms with Crippen molar-refractivity contribution in [1.82, 2.24) is 10.3 Å². The molecular weight excluding hydrogens is 259 g/mol. The van der Waals surface area contributed by atoms with Crippen molar-refractivity contribution in [3.05, 3.63) is 59.0 Å². The molecule has 0 aliphatic heterocycles. The van der Waals surface area contributed by atoms with Crippen LogP contribution in [0, 0.1) is 12.7 Å². The maximum atomic E-state index is 13.7. The van der Waals surface area contributed by atoms with E-state index in [1.54, 1.807) is 31.3 Å². The summed E-state index contributed by atoms with van der Waals surface area (Å²) in [7, 11) is 1.52. The number of carbonyl (C=O) groups excluding carboxylic acids is 1. The molecule has 0 bridgehead atoms. The van der Waals surface area contributed by atoms with Crippen molar-refractivity contribution in [3.63, 3.8) is 0 Å². The van der Waals surface area contributed by atoms with Gasteiger partial charge in [-0.2, -0.15) is 0 Å². The van der Waals surface area contributed by atoms with E-state index in [0.717, 1.165) is 11.1 Å². The van der Waals surface area contributed by atoms with Gasteiger partial charge >= 0.3 is 0 Å². The number of ether oxygens (including phenoxy) is 1. The number of halogens is 1. The number of hydrogen-bond donors (Lipinski definition) is 1. The maximum Gasteiger partial charge on any atom is 0.254 e. The average Bonchev–Trinajstić information content (AvgIpc) is 2.45. The van der Waals surface area contributed by atoms with Crippen molar-refractivity contribution >= 4 is 5.91 Å². The van der Waals surface area contributed by atoms with Gasteiger partial charge in [0.05, 0.1) is 12.7 Å². The molecule has 1 aromatic carbocycles. The van der Waals surface area contributed by atoms with Crippen LogP contribution < -0.4 is 10.1 Å². The van der Waals surface area contributed by atoms with E-state index in [9.17, 15) is 9.18 Å². The lowest BCUT2D eigenvalue weighted by atomic mass is 10.1. The molecule has 1 amide bonds. The zero-order valence-corrected chi connectivity index (χ0v) is 11.3. The highest BCUT2D eigenvalue weighted by molar-refractivity contribution is 5.94. The van der Waals surface area contributed by atoms with Crippen molar-refractivity contribution in [1.29, 1.82) is 0 Å². The Kier molecular flexibility index (Phi) is 4.30. The third-order valence-electron chi connectivity index (χ3n) is 2.83. The van der Waals surface area contributed by atoms with Crippen molar-refractivity contribution in [2.45, 2.75) is 13.5 Å². The van der Waals surface area contributed by atoms with Gasteiger partial charge in [0.25, 0.3) is 5.91 Å². The quantitative estimate of drug-likeness (QED) is 0.931. The number of aryl methyl sites for hydroxylation is 1. The Bertz CT molecular complexity index is 629. The first-order valence-electron chi connectivity index (χ1n) is 6.13. The topological polar surface area (TPSA) is 51.2 Å². The number of carbonyl (C=O) groups is 1. The first-order valence-corrected chi connectivity index (χ1v) is 6.13. The molecule has 20 heavy (non-hydrogen) atoms. The monoisotopic (exact) mass is 274 g/mol. The second-order valence-corrected chi connectivity index (χ2v) is 4.37. The summed E-state index contributed by atoms with van der Waals surface area (Å²) >= 11 is 0. The molecule has 1 heterocycles. The molecule has 0 aliphatic rings. The molecule has 5 heteroatoms. The van der Waals surface area contributed by atoms with Crippen LogP contribution in [0.15, 0.2) is 36.5 Å². The van der Waals surface area contributed by atoms with Crippen molar-refractivity contribution in [2.75, 3.05) is 7.11 Å². The molecule has 0 fully saturated rings. The molecule has 2 aromatic rings. The number of benzene rings is 1. The predicted octanol–water partition coefficient (Wildman–Crippen LogP) is 2.47. The molecule has 2 rings (SSSR count). The van der Waals surface area contributed by atoms with Crippen molar-refractivity contribution < 1.29 is 13.9 Å². The first kappa shape index (κ1) is 14.0. The number of pyridine rings is 1. The van der Waals surface area contributed by atoms with E-state index in [2.05, 4.69) is 10.3 Å². The summed E-state index contributed by atoms with van der Waals surface area (Å²) in [4.78, 5) is 15.9. The third kappa shape index (κ3) is 3.32. The summed E-state index contributed by atoms with van der Waals surface area (Å²) in [5.74, 6) is -0.494. The average molecular weight is 274 g/mol. The summed E-state index contributed by atoms with van der Waals surface area (Å²) in [6, 6.07) is 7.99. The molecule has 0 saturated heterocycles. The van der Waals surface area contributed by atoms with Crippen LogP contribution in [0.1, 0.15) is 21.5 Å². The number of hydrogen-bond acceptors (Lipinski definition) is 3. The standard InChI is InChI=1S/C15H15FN2O2/c1-10-3-4-12(13(16)7-10)15(19)18-9-11-5-6-17-14(8-11)20-2/h3-8H,9H2,1-2H3,(H,18,19). The van der Waals surface area contributed by atoms with Crippen LogP contribution in [0.25, 0.3) is 0 Å². The maximum absolute atomic E-state index is 13.7. The Hall–Kier alpha value is -2.43. The second kappa shape index (κ2) is 6.14. The Morgan fingerprint density at radius 3 is 2.85 bits per heavy atom. The zero-order chi connectivity index (χ0) is 14.5. The van der Waals surface area contributed by atoms with E-state index < -0.39 is 11.7 Å². The molecule has 0 aliphatic carbocycles. The lowest BCUT2D eigenvalue weighted by Gasteiger charge is -2.07. The smallest absolute Gasteiger partial charge is 0.254 e. The largest absolute Gasteiger partial charge is 0.481 e. The fourth-order valence-electron chi connectivity index (χ4n) is 1.75. The molecule has 0 unspecified atom stereocenters. The van der Waals surface area contributed by atoms with Gasteiger partial charge in [0.15, 0.2) is 0 Å². The number of nitrogens with zero attached hydrogens (tertiary/aromatic N) is 1. The van der Waals surface area contributed by atoms with Crippen LogP contribution in [-0.2, 0) is 6.54 Å². The highest BCUT2D eigenvalue weighted by atomic mass is 19.1. The lowest BCUT2D eigenvalue weighted by molar-refractivity contribution is 0.0947. The summed E-state index contributed by atoms with van der Waals surface area (Å²) in [5, 5.41) is 2.66. The van der Waals surface area contributed by atoms with E-state index in [4.69, 9.17) is 4.74 Å². The van der Waals surface area contributed by atoms with Gasteiger partial charge in [-0.15, -0.1) is 0 Å². The number of rotatable bonds is 4. The molecule has 0 spiro atoms. The molecule has 0 radical (unpaired) electrons. The fraction of sp³-hybridized carbons (Fsp3) is 0.200. The number of amides is 1. The molecule has 0 saturated carbocycles. The Morgan fingerprint density at radius 2 is 2.15 bits per heavy atom. The Morgan fingerprint density at radius 1 is 1.35 bits per heavy atom. The number of aromatic nitrogens is 1. The Balaban J connectivity index is 2.04. The van der Waals surface area contributed by atoms with Gasteiger partial charge < -0.3 is 10.1 Å². The molecule has 4 nitrogen and oxygen atoms in total. The van der Waals surface area contributed by atoms with Crippen molar-refractivity contribution in [2.24, 2.45) is 0 Å². The summed E-state index contributed by atoms with van der Waals surface area (Å²) in [6.07, 6.45) is 1.59. The van der Waals surface area contributed by atoms with Crippen LogP contribution >= 0.6 is 0 Å². The van der Waals surface area contributed by atoms with E-state index in [1.165, 1.54) is 19.2 Å². The molecule has 0 atom stereocenters. The number of nitrogens with one attached hydrogen (secondary N) is 1. The SMILES string of the molecule is COc1cc(CNC(=O)c2ccc(C)cc2F)ccn1. The zero-order valence-electron chi connectivity index (χ0n) is 11.3. The van der Waals surface area contributed by atoms with E-state index in [1.807, 2.05) is 0 Å². The van der Waals surface area contributed by atoms with Gasteiger partial charge in [0, 0.05) is 18.8 Å². The van der Waals surface area contributed by atoms with Crippen LogP contribution in [0.3, 0.4) is 0 Å². The predicted molar refractivity (Wildman–Crippen MR) is 73.1 cm³/mol. The van der Waals surface area contributed by atoms with Gasteiger partial charge in [-0.05, 0) is 36.2 Å². The summed E-state index contributed by atoms with van der Waals surface area (Å²) in [6.45, 7) is 2.05. The fourth-order valence-corrected chi connectivity index (χ4v) is 1.75. The highest BCUT2D eigenvalue weighted by Crippen LogP contribution is 2.11. The van der Waals surface area contributed by atoms with E-state index in [-0.39, 0.29) is 12.1 Å². The molecule has 1 aromatic heterocycles. The van der Waals surface area contributed by atoms with Crippen LogP contribution in [0.5, 0.6) is 5.88 Å². The lowest BCUT2D eigenvalue weighted by Crippen LogP contribution is -2.23. The van der Waals surface area contributed by atoms with E-state index >= 15 is 0 Å². The van der Waals surface area contributed by atoms with Crippen LogP contribution in [0.2, 0.25) is 0 Å². The number of methoxy groups -OCH3 is 1. The van der Waals surface area contributed by atoms with Crippen LogP contribution in [-0.4, -0.2) is 18.0 Å². The van der Waals surface area contributed by atoms with Gasteiger partial charge in [-0.25, -0.2) is 9.37 Å². The summed E-state index contributed by atoms with van der Waals surface area (Å²) < 4.78 is 18.6. The molecule has 1 N–H and O–H groups in total. The Labute approximate surface area is 116 Å². The first-order chi connectivity index (χ1) is 9.60. The molecular formula is C15H15FN2O2. The van der Waals surface area contributed by atoms with Crippen LogP contribution in [0.4, 0.5) is 4.39 Å². The summed E-state index contributed by atoms with van der Waals surface area (Å²) in [5.41, 5.74) is 1.65.